The lowest BCUT2D eigenvalue weighted by Gasteiger charge is -2.16. The maximum Gasteiger partial charge on any atom is 0.269 e. The fourth-order valence-electron chi connectivity index (χ4n) is 2.82. The van der Waals surface area contributed by atoms with Gasteiger partial charge in [-0.3, -0.25) is 25.8 Å². The first kappa shape index (κ1) is 25.3. The number of methoxy groups -OCH3 is 6. The molecule has 0 saturated heterocycles. The van der Waals surface area contributed by atoms with Crippen LogP contribution in [0.15, 0.2) is 24.3 Å². The van der Waals surface area contributed by atoms with E-state index in [1.165, 1.54) is 66.9 Å². The molecule has 178 valence electrons. The molecule has 0 unspecified atom stereocenters. The molecular weight excluding hydrogens is 454 g/mol. The Balaban J connectivity index is 2.09. The van der Waals surface area contributed by atoms with Crippen LogP contribution in [-0.4, -0.2) is 59.6 Å². The quantitative estimate of drug-likeness (QED) is 0.380. The first-order valence-electron chi connectivity index (χ1n) is 9.35. The minimum Gasteiger partial charge on any atom is -0.493 e. The average Bonchev–Trinajstić information content (AvgIpc) is 2.84. The number of nitrogens with one attached hydrogen (secondary N) is 3. The monoisotopic (exact) mass is 479 g/mol. The van der Waals surface area contributed by atoms with Crippen molar-refractivity contribution in [3.05, 3.63) is 35.4 Å². The molecular formula is C21H25N3O8S. The van der Waals surface area contributed by atoms with E-state index < -0.39 is 11.8 Å². The van der Waals surface area contributed by atoms with Crippen molar-refractivity contribution in [1.82, 2.24) is 16.2 Å². The van der Waals surface area contributed by atoms with Crippen molar-refractivity contribution >= 4 is 29.1 Å². The molecule has 3 N–H and O–H groups in total. The highest BCUT2D eigenvalue weighted by atomic mass is 32.1. The van der Waals surface area contributed by atoms with Gasteiger partial charge < -0.3 is 28.4 Å². The SMILES string of the molecule is COc1cc(C(=O)NNC(=S)NC(=O)c2cc(OC)c(OC)c(OC)c2)cc(OC)c1OC. The Kier molecular flexibility index (Phi) is 8.92. The summed E-state index contributed by atoms with van der Waals surface area (Å²) in [7, 11) is 8.65. The molecule has 2 aromatic rings. The molecule has 2 aromatic carbocycles. The van der Waals surface area contributed by atoms with Crippen molar-refractivity contribution in [2.75, 3.05) is 42.7 Å². The zero-order valence-electron chi connectivity index (χ0n) is 19.0. The number of thiocarbonyl (C=S) groups is 1. The van der Waals surface area contributed by atoms with E-state index >= 15 is 0 Å². The zero-order chi connectivity index (χ0) is 24.5. The summed E-state index contributed by atoms with van der Waals surface area (Å²) in [4.78, 5) is 25.1. The highest BCUT2D eigenvalue weighted by Gasteiger charge is 2.19. The molecule has 0 spiro atoms. The Labute approximate surface area is 196 Å². The Hall–Kier alpha value is -3.93. The van der Waals surface area contributed by atoms with E-state index in [1.54, 1.807) is 0 Å². The summed E-state index contributed by atoms with van der Waals surface area (Å²) in [5.74, 6) is 0.786. The normalized spacial score (nSPS) is 9.88. The maximum atomic E-state index is 12.6. The molecule has 0 fully saturated rings. The van der Waals surface area contributed by atoms with Gasteiger partial charge in [-0.15, -0.1) is 0 Å². The van der Waals surface area contributed by atoms with Gasteiger partial charge in [0.1, 0.15) is 0 Å². The Morgan fingerprint density at radius 2 is 0.970 bits per heavy atom. The van der Waals surface area contributed by atoms with E-state index in [-0.39, 0.29) is 16.2 Å². The highest BCUT2D eigenvalue weighted by molar-refractivity contribution is 7.80. The van der Waals surface area contributed by atoms with Crippen LogP contribution in [0, 0.1) is 0 Å². The third kappa shape index (κ3) is 5.86. The van der Waals surface area contributed by atoms with Gasteiger partial charge >= 0.3 is 0 Å². The summed E-state index contributed by atoms with van der Waals surface area (Å²) in [5.41, 5.74) is 5.26. The standard InChI is InChI=1S/C21H25N3O8S/c1-27-13-7-11(8-14(28-2)17(13)31-5)19(25)22-21(33)24-23-20(26)12-9-15(29-3)18(32-6)16(10-12)30-4/h7-10H,1-6H3,(H,23,26)(H2,22,24,25,33). The Morgan fingerprint density at radius 3 is 1.30 bits per heavy atom. The van der Waals surface area contributed by atoms with Crippen molar-refractivity contribution in [2.24, 2.45) is 0 Å². The van der Waals surface area contributed by atoms with Crippen LogP contribution in [-0.2, 0) is 0 Å². The van der Waals surface area contributed by atoms with Crippen LogP contribution in [0.1, 0.15) is 20.7 Å². The van der Waals surface area contributed by atoms with Crippen LogP contribution >= 0.6 is 12.2 Å². The van der Waals surface area contributed by atoms with Gasteiger partial charge in [0.05, 0.1) is 42.7 Å². The van der Waals surface area contributed by atoms with Crippen molar-refractivity contribution in [3.8, 4) is 34.5 Å². The molecule has 0 heterocycles. The largest absolute Gasteiger partial charge is 0.493 e. The zero-order valence-corrected chi connectivity index (χ0v) is 19.8. The van der Waals surface area contributed by atoms with Crippen molar-refractivity contribution in [3.63, 3.8) is 0 Å². The molecule has 0 aromatic heterocycles. The molecule has 0 aliphatic heterocycles. The summed E-state index contributed by atoms with van der Waals surface area (Å²) >= 11 is 5.09. The number of amides is 2. The van der Waals surface area contributed by atoms with E-state index in [1.807, 2.05) is 0 Å². The van der Waals surface area contributed by atoms with Crippen LogP contribution < -0.4 is 44.6 Å². The lowest BCUT2D eigenvalue weighted by molar-refractivity contribution is 0.0934. The fourth-order valence-corrected chi connectivity index (χ4v) is 2.96. The first-order chi connectivity index (χ1) is 15.8. The smallest absolute Gasteiger partial charge is 0.269 e. The van der Waals surface area contributed by atoms with Crippen molar-refractivity contribution in [2.45, 2.75) is 0 Å². The Morgan fingerprint density at radius 1 is 0.606 bits per heavy atom. The van der Waals surface area contributed by atoms with Gasteiger partial charge in [-0.05, 0) is 36.5 Å². The molecule has 0 atom stereocenters. The van der Waals surface area contributed by atoms with Gasteiger partial charge in [0.25, 0.3) is 11.8 Å². The third-order valence-electron chi connectivity index (χ3n) is 4.37. The molecule has 0 aliphatic carbocycles. The van der Waals surface area contributed by atoms with E-state index in [4.69, 9.17) is 40.6 Å². The number of benzene rings is 2. The lowest BCUT2D eigenvalue weighted by Crippen LogP contribution is -2.48. The number of carbonyl (C=O) groups is 2. The van der Waals surface area contributed by atoms with Crippen LogP contribution in [0.3, 0.4) is 0 Å². The van der Waals surface area contributed by atoms with Crippen LogP contribution in [0.2, 0.25) is 0 Å². The Bertz CT molecular complexity index is 994. The van der Waals surface area contributed by atoms with Gasteiger partial charge in [0, 0.05) is 11.1 Å². The van der Waals surface area contributed by atoms with Crippen molar-refractivity contribution < 1.29 is 38.0 Å². The lowest BCUT2D eigenvalue weighted by atomic mass is 10.1. The van der Waals surface area contributed by atoms with Gasteiger partial charge in [0.2, 0.25) is 11.5 Å². The van der Waals surface area contributed by atoms with Gasteiger partial charge in [-0.25, -0.2) is 0 Å². The minimum absolute atomic E-state index is 0.144. The van der Waals surface area contributed by atoms with Gasteiger partial charge in [-0.2, -0.15) is 0 Å². The third-order valence-corrected chi connectivity index (χ3v) is 4.57. The second-order valence-corrected chi connectivity index (χ2v) is 6.60. The summed E-state index contributed by atoms with van der Waals surface area (Å²) in [6.07, 6.45) is 0. The number of hydrogen-bond acceptors (Lipinski definition) is 9. The van der Waals surface area contributed by atoms with E-state index in [9.17, 15) is 9.59 Å². The van der Waals surface area contributed by atoms with Gasteiger partial charge in [0.15, 0.2) is 28.1 Å². The van der Waals surface area contributed by atoms with E-state index in [2.05, 4.69) is 16.2 Å². The maximum absolute atomic E-state index is 12.6. The molecule has 0 aliphatic rings. The topological polar surface area (TPSA) is 126 Å². The number of hydrogen-bond donors (Lipinski definition) is 3. The molecule has 33 heavy (non-hydrogen) atoms. The summed E-state index contributed by atoms with van der Waals surface area (Å²) < 4.78 is 31.4. The molecule has 0 bridgehead atoms. The van der Waals surface area contributed by atoms with Crippen LogP contribution in [0.4, 0.5) is 0 Å². The summed E-state index contributed by atoms with van der Waals surface area (Å²) in [6.45, 7) is 0. The molecule has 0 radical (unpaired) electrons. The number of ether oxygens (including phenoxy) is 6. The molecule has 12 heteroatoms. The predicted octanol–water partition coefficient (Wildman–Crippen LogP) is 1.69. The second kappa shape index (κ2) is 11.6. The first-order valence-corrected chi connectivity index (χ1v) is 9.75. The van der Waals surface area contributed by atoms with Crippen molar-refractivity contribution in [1.29, 1.82) is 0 Å². The minimum atomic E-state index is -0.561. The molecule has 11 nitrogen and oxygen atoms in total. The number of hydrazine groups is 1. The number of rotatable bonds is 8. The molecule has 0 saturated carbocycles. The predicted molar refractivity (Wildman–Crippen MR) is 123 cm³/mol. The molecule has 2 amide bonds. The van der Waals surface area contributed by atoms with Crippen LogP contribution in [0.25, 0.3) is 0 Å². The number of carbonyl (C=O) groups excluding carboxylic acids is 2. The van der Waals surface area contributed by atoms with Crippen LogP contribution in [0.5, 0.6) is 34.5 Å². The fraction of sp³-hybridized carbons (Fsp3) is 0.286. The molecule has 2 rings (SSSR count). The second-order valence-electron chi connectivity index (χ2n) is 6.19. The summed E-state index contributed by atoms with van der Waals surface area (Å²) in [5, 5.41) is 2.31. The van der Waals surface area contributed by atoms with Gasteiger partial charge in [-0.1, -0.05) is 0 Å². The van der Waals surface area contributed by atoms with E-state index in [0.717, 1.165) is 0 Å². The highest BCUT2D eigenvalue weighted by Crippen LogP contribution is 2.39. The average molecular weight is 480 g/mol. The summed E-state index contributed by atoms with van der Waals surface area (Å²) in [6, 6.07) is 5.87. The van der Waals surface area contributed by atoms with E-state index in [0.29, 0.717) is 34.5 Å².